The number of hydrogen-bond acceptors (Lipinski definition) is 2. The van der Waals surface area contributed by atoms with Gasteiger partial charge in [-0.15, -0.1) is 0 Å². The summed E-state index contributed by atoms with van der Waals surface area (Å²) in [4.78, 5) is 0. The summed E-state index contributed by atoms with van der Waals surface area (Å²) in [5.74, 6) is 0.887. The molecule has 17 heavy (non-hydrogen) atoms. The van der Waals surface area contributed by atoms with Gasteiger partial charge >= 0.3 is 0 Å². The van der Waals surface area contributed by atoms with Crippen LogP contribution < -0.4 is 0 Å². The van der Waals surface area contributed by atoms with Gasteiger partial charge in [-0.05, 0) is 42.9 Å². The molecule has 0 heterocycles. The number of aliphatic hydroxyl groups is 2. The van der Waals surface area contributed by atoms with Gasteiger partial charge in [-0.3, -0.25) is 0 Å². The van der Waals surface area contributed by atoms with E-state index in [-0.39, 0.29) is 28.5 Å². The Morgan fingerprint density at radius 3 is 2.24 bits per heavy atom. The molecule has 98 valence electrons. The van der Waals surface area contributed by atoms with E-state index in [1.165, 1.54) is 6.42 Å². The molecule has 3 aliphatic carbocycles. The Balaban J connectivity index is 2.16. The summed E-state index contributed by atoms with van der Waals surface area (Å²) >= 11 is 0. The SMILES string of the molecule is CC1(C)CC[C@H](O)C2(C)C3CCC2(C)C(O)C31. The zero-order chi connectivity index (χ0) is 12.6. The predicted molar refractivity (Wildman–Crippen MR) is 67.5 cm³/mol. The Hall–Kier alpha value is -0.0800. The van der Waals surface area contributed by atoms with E-state index in [1.54, 1.807) is 0 Å². The quantitative estimate of drug-likeness (QED) is 0.681. The van der Waals surface area contributed by atoms with Crippen molar-refractivity contribution in [2.24, 2.45) is 28.1 Å². The van der Waals surface area contributed by atoms with Crippen LogP contribution in [0, 0.1) is 28.1 Å². The molecule has 0 amide bonds. The van der Waals surface area contributed by atoms with Gasteiger partial charge in [-0.1, -0.05) is 27.7 Å². The largest absolute Gasteiger partial charge is 0.393 e. The maximum atomic E-state index is 10.8. The minimum Gasteiger partial charge on any atom is -0.393 e. The van der Waals surface area contributed by atoms with Gasteiger partial charge in [0.1, 0.15) is 0 Å². The Labute approximate surface area is 104 Å². The maximum Gasteiger partial charge on any atom is 0.0636 e. The molecule has 2 N–H and O–H groups in total. The van der Waals surface area contributed by atoms with Gasteiger partial charge in [0.05, 0.1) is 12.2 Å². The lowest BCUT2D eigenvalue weighted by Gasteiger charge is -2.46. The molecule has 2 nitrogen and oxygen atoms in total. The number of hydrogen-bond donors (Lipinski definition) is 2. The summed E-state index contributed by atoms with van der Waals surface area (Å²) in [5, 5.41) is 21.4. The lowest BCUT2D eigenvalue weighted by Crippen LogP contribution is -2.47. The zero-order valence-electron chi connectivity index (χ0n) is 11.5. The molecule has 0 aromatic heterocycles. The summed E-state index contributed by atoms with van der Waals surface area (Å²) in [5.41, 5.74) is 0.0330. The van der Waals surface area contributed by atoms with Gasteiger partial charge < -0.3 is 10.2 Å². The van der Waals surface area contributed by atoms with Gasteiger partial charge in [0.25, 0.3) is 0 Å². The van der Waals surface area contributed by atoms with E-state index < -0.39 is 0 Å². The highest BCUT2D eigenvalue weighted by atomic mass is 16.3. The van der Waals surface area contributed by atoms with Gasteiger partial charge in [0, 0.05) is 10.8 Å². The van der Waals surface area contributed by atoms with Crippen molar-refractivity contribution in [3.8, 4) is 0 Å². The maximum absolute atomic E-state index is 10.8. The molecular weight excluding hydrogens is 212 g/mol. The van der Waals surface area contributed by atoms with Crippen molar-refractivity contribution in [1.29, 1.82) is 0 Å². The average Bonchev–Trinajstić information content (AvgIpc) is 2.57. The van der Waals surface area contributed by atoms with Crippen molar-refractivity contribution < 1.29 is 10.2 Å². The van der Waals surface area contributed by atoms with Gasteiger partial charge in [0.15, 0.2) is 0 Å². The molecule has 4 bridgehead atoms. The van der Waals surface area contributed by atoms with Crippen LogP contribution in [0.2, 0.25) is 0 Å². The fourth-order valence-electron chi connectivity index (χ4n) is 5.66. The first-order chi connectivity index (χ1) is 7.75. The minimum atomic E-state index is -0.235. The van der Waals surface area contributed by atoms with Gasteiger partial charge in [0.2, 0.25) is 0 Å². The second kappa shape index (κ2) is 3.08. The second-order valence-corrected chi connectivity index (χ2v) is 7.86. The van der Waals surface area contributed by atoms with Crippen LogP contribution in [0.3, 0.4) is 0 Å². The number of aliphatic hydroxyl groups excluding tert-OH is 2. The summed E-state index contributed by atoms with van der Waals surface area (Å²) in [6.45, 7) is 9.01. The average molecular weight is 238 g/mol. The molecule has 0 saturated heterocycles. The first-order valence-electron chi connectivity index (χ1n) is 7.11. The normalized spacial score (nSPS) is 60.4. The molecule has 0 aliphatic heterocycles. The molecule has 3 aliphatic rings. The lowest BCUT2D eigenvalue weighted by molar-refractivity contribution is -0.0930. The van der Waals surface area contributed by atoms with Crippen molar-refractivity contribution in [2.75, 3.05) is 0 Å². The molecule has 2 heteroatoms. The molecule has 6 atom stereocenters. The second-order valence-electron chi connectivity index (χ2n) is 7.86. The van der Waals surface area contributed by atoms with Gasteiger partial charge in [-0.2, -0.15) is 0 Å². The summed E-state index contributed by atoms with van der Waals surface area (Å²) < 4.78 is 0. The van der Waals surface area contributed by atoms with E-state index in [0.29, 0.717) is 11.8 Å². The smallest absolute Gasteiger partial charge is 0.0636 e. The highest BCUT2D eigenvalue weighted by molar-refractivity contribution is 5.21. The standard InChI is InChI=1S/C15H26O2/c1-13(2)7-6-10(16)15(4)9-5-8-14(15,3)12(17)11(9)13/h9-12,16-17H,5-8H2,1-4H3/t9?,10-,11?,12?,14?,15?/m0/s1. The van der Waals surface area contributed by atoms with E-state index in [2.05, 4.69) is 27.7 Å². The van der Waals surface area contributed by atoms with Crippen LogP contribution in [-0.2, 0) is 0 Å². The van der Waals surface area contributed by atoms with Crippen LogP contribution in [0.5, 0.6) is 0 Å². The van der Waals surface area contributed by atoms with Crippen LogP contribution in [0.25, 0.3) is 0 Å². The third kappa shape index (κ3) is 1.10. The van der Waals surface area contributed by atoms with E-state index in [0.717, 1.165) is 19.3 Å². The lowest BCUT2D eigenvalue weighted by atomic mass is 9.62. The van der Waals surface area contributed by atoms with Crippen LogP contribution in [0.1, 0.15) is 53.4 Å². The van der Waals surface area contributed by atoms with Crippen LogP contribution in [-0.4, -0.2) is 22.4 Å². The predicted octanol–water partition coefficient (Wildman–Crippen LogP) is 2.58. The van der Waals surface area contributed by atoms with Crippen molar-refractivity contribution >= 4 is 0 Å². The molecule has 0 aromatic rings. The fraction of sp³-hybridized carbons (Fsp3) is 1.00. The monoisotopic (exact) mass is 238 g/mol. The van der Waals surface area contributed by atoms with E-state index in [4.69, 9.17) is 0 Å². The molecule has 5 unspecified atom stereocenters. The fourth-order valence-corrected chi connectivity index (χ4v) is 5.66. The first-order valence-corrected chi connectivity index (χ1v) is 7.11. The topological polar surface area (TPSA) is 40.5 Å². The summed E-state index contributed by atoms with van der Waals surface area (Å²) in [6, 6.07) is 0. The van der Waals surface area contributed by atoms with Crippen LogP contribution in [0.4, 0.5) is 0 Å². The van der Waals surface area contributed by atoms with Crippen LogP contribution >= 0.6 is 0 Å². The Morgan fingerprint density at radius 2 is 1.59 bits per heavy atom. The van der Waals surface area contributed by atoms with E-state index in [1.807, 2.05) is 0 Å². The minimum absolute atomic E-state index is 0.0646. The van der Waals surface area contributed by atoms with Gasteiger partial charge in [-0.25, -0.2) is 0 Å². The van der Waals surface area contributed by atoms with Crippen molar-refractivity contribution in [1.82, 2.24) is 0 Å². The number of rotatable bonds is 0. The Kier molecular flexibility index (Phi) is 2.17. The highest BCUT2D eigenvalue weighted by Gasteiger charge is 2.73. The van der Waals surface area contributed by atoms with Crippen molar-refractivity contribution in [2.45, 2.75) is 65.6 Å². The third-order valence-corrected chi connectivity index (χ3v) is 7.06. The highest BCUT2D eigenvalue weighted by Crippen LogP contribution is 2.74. The molecular formula is C15H26O2. The van der Waals surface area contributed by atoms with Crippen LogP contribution in [0.15, 0.2) is 0 Å². The Morgan fingerprint density at radius 1 is 0.941 bits per heavy atom. The Bertz CT molecular complexity index is 351. The van der Waals surface area contributed by atoms with E-state index in [9.17, 15) is 10.2 Å². The van der Waals surface area contributed by atoms with Crippen molar-refractivity contribution in [3.63, 3.8) is 0 Å². The first kappa shape index (κ1) is 12.0. The molecule has 0 spiro atoms. The third-order valence-electron chi connectivity index (χ3n) is 7.06. The van der Waals surface area contributed by atoms with Crippen molar-refractivity contribution in [3.05, 3.63) is 0 Å². The molecule has 3 saturated carbocycles. The molecule has 0 aromatic carbocycles. The van der Waals surface area contributed by atoms with E-state index >= 15 is 0 Å². The summed E-state index contributed by atoms with van der Waals surface area (Å²) in [7, 11) is 0. The molecule has 3 fully saturated rings. The zero-order valence-corrected chi connectivity index (χ0v) is 11.5. The summed E-state index contributed by atoms with van der Waals surface area (Å²) in [6.07, 6.45) is 3.75. The molecule has 3 rings (SSSR count). The molecule has 0 radical (unpaired) electrons.